The highest BCUT2D eigenvalue weighted by Crippen LogP contribution is 2.13. The molecule has 2 heterocycles. The van der Waals surface area contributed by atoms with Gasteiger partial charge in [-0.15, -0.1) is 0 Å². The van der Waals surface area contributed by atoms with E-state index in [4.69, 9.17) is 4.42 Å². The zero-order valence-corrected chi connectivity index (χ0v) is 13.6. The number of nitrogens with zero attached hydrogens (tertiary/aromatic N) is 2. The van der Waals surface area contributed by atoms with Gasteiger partial charge in [-0.2, -0.15) is 0 Å². The molecule has 0 aliphatic heterocycles. The van der Waals surface area contributed by atoms with Crippen molar-refractivity contribution >= 4 is 27.5 Å². The summed E-state index contributed by atoms with van der Waals surface area (Å²) < 4.78 is 6.89. The van der Waals surface area contributed by atoms with Gasteiger partial charge in [0.25, 0.3) is 17.2 Å². The van der Waals surface area contributed by atoms with E-state index in [1.54, 1.807) is 12.1 Å². The lowest BCUT2D eigenvalue weighted by atomic mass is 10.3. The first-order chi connectivity index (χ1) is 11.0. The summed E-state index contributed by atoms with van der Waals surface area (Å²) in [6.45, 7) is 0.767. The molecule has 0 spiro atoms. The van der Waals surface area contributed by atoms with Crippen molar-refractivity contribution in [2.45, 2.75) is 19.4 Å². The first kappa shape index (κ1) is 16.9. The van der Waals surface area contributed by atoms with Crippen LogP contribution >= 0.6 is 15.9 Å². The van der Waals surface area contributed by atoms with Gasteiger partial charge in [-0.05, 0) is 40.9 Å². The number of rotatable bonds is 7. The fourth-order valence-corrected chi connectivity index (χ4v) is 2.24. The van der Waals surface area contributed by atoms with E-state index in [0.29, 0.717) is 30.6 Å². The first-order valence-electron chi connectivity index (χ1n) is 6.86. The van der Waals surface area contributed by atoms with Crippen molar-refractivity contribution < 1.29 is 14.1 Å². The van der Waals surface area contributed by atoms with E-state index in [1.807, 2.05) is 0 Å². The fourth-order valence-electron chi connectivity index (χ4n) is 1.93. The molecule has 0 bridgehead atoms. The second kappa shape index (κ2) is 7.73. The van der Waals surface area contributed by atoms with Gasteiger partial charge in [0.15, 0.2) is 10.4 Å². The van der Waals surface area contributed by atoms with Gasteiger partial charge in [-0.25, -0.2) is 0 Å². The molecule has 0 aliphatic carbocycles. The second-order valence-electron chi connectivity index (χ2n) is 4.74. The van der Waals surface area contributed by atoms with Crippen LogP contribution in [0.3, 0.4) is 0 Å². The van der Waals surface area contributed by atoms with Gasteiger partial charge in [0.1, 0.15) is 0 Å². The monoisotopic (exact) mass is 383 g/mol. The maximum absolute atomic E-state index is 11.7. The average Bonchev–Trinajstić information content (AvgIpc) is 2.95. The second-order valence-corrected chi connectivity index (χ2v) is 5.52. The Labute approximate surface area is 139 Å². The molecule has 8 nitrogen and oxygen atoms in total. The lowest BCUT2D eigenvalue weighted by Gasteiger charge is -2.06. The molecule has 0 fully saturated rings. The summed E-state index contributed by atoms with van der Waals surface area (Å²) in [6, 6.07) is 5.54. The molecule has 0 atom stereocenters. The van der Waals surface area contributed by atoms with E-state index < -0.39 is 4.92 Å². The van der Waals surface area contributed by atoms with Gasteiger partial charge in [0.2, 0.25) is 0 Å². The van der Waals surface area contributed by atoms with Crippen LogP contribution in [0.25, 0.3) is 0 Å². The molecule has 0 unspecified atom stereocenters. The van der Waals surface area contributed by atoms with E-state index in [2.05, 4.69) is 21.2 Å². The quantitative estimate of drug-likeness (QED) is 0.448. The van der Waals surface area contributed by atoms with Gasteiger partial charge in [-0.3, -0.25) is 19.7 Å². The molecule has 23 heavy (non-hydrogen) atoms. The molecular formula is C14H14BrN3O5. The zero-order chi connectivity index (χ0) is 16.8. The van der Waals surface area contributed by atoms with Gasteiger partial charge in [-0.1, -0.05) is 0 Å². The molecule has 1 amide bonds. The third-order valence-corrected chi connectivity index (χ3v) is 3.51. The highest BCUT2D eigenvalue weighted by molar-refractivity contribution is 9.10. The molecule has 122 valence electrons. The number of carbonyl (C=O) groups excluding carboxylic acids is 1. The zero-order valence-electron chi connectivity index (χ0n) is 12.0. The lowest BCUT2D eigenvalue weighted by molar-refractivity contribution is -0.385. The lowest BCUT2D eigenvalue weighted by Crippen LogP contribution is -2.25. The fraction of sp³-hybridized carbons (Fsp3) is 0.286. The Morgan fingerprint density at radius 1 is 1.30 bits per heavy atom. The van der Waals surface area contributed by atoms with Crippen molar-refractivity contribution in [2.24, 2.45) is 0 Å². The summed E-state index contributed by atoms with van der Waals surface area (Å²) in [4.78, 5) is 33.5. The number of unbranched alkanes of at least 4 members (excludes halogenated alkanes) is 1. The Morgan fingerprint density at radius 3 is 2.74 bits per heavy atom. The smallest absolute Gasteiger partial charge is 0.287 e. The maximum atomic E-state index is 11.7. The van der Waals surface area contributed by atoms with Crippen molar-refractivity contribution in [1.29, 1.82) is 0 Å². The van der Waals surface area contributed by atoms with Crippen LogP contribution in [0.5, 0.6) is 0 Å². The molecule has 2 aromatic rings. The summed E-state index contributed by atoms with van der Waals surface area (Å²) >= 11 is 3.12. The molecular weight excluding hydrogens is 370 g/mol. The summed E-state index contributed by atoms with van der Waals surface area (Å²) in [5.74, 6) is -0.102. The van der Waals surface area contributed by atoms with Gasteiger partial charge >= 0.3 is 0 Å². The molecule has 2 aromatic heterocycles. The number of hydrogen-bond donors (Lipinski definition) is 1. The van der Waals surface area contributed by atoms with Crippen molar-refractivity contribution in [3.05, 3.63) is 61.4 Å². The number of nitrogens with one attached hydrogen (secondary N) is 1. The molecule has 0 saturated carbocycles. The van der Waals surface area contributed by atoms with E-state index >= 15 is 0 Å². The van der Waals surface area contributed by atoms with Crippen LogP contribution in [0.4, 0.5) is 5.69 Å². The molecule has 0 aromatic carbocycles. The van der Waals surface area contributed by atoms with E-state index in [-0.39, 0.29) is 22.9 Å². The van der Waals surface area contributed by atoms with Crippen LogP contribution in [-0.4, -0.2) is 21.9 Å². The van der Waals surface area contributed by atoms with Crippen LogP contribution < -0.4 is 10.9 Å². The topological polar surface area (TPSA) is 107 Å². The number of aromatic nitrogens is 1. The Morgan fingerprint density at radius 2 is 2.09 bits per heavy atom. The Balaban J connectivity index is 1.77. The van der Waals surface area contributed by atoms with E-state index in [9.17, 15) is 19.7 Å². The van der Waals surface area contributed by atoms with Crippen LogP contribution in [0.1, 0.15) is 23.4 Å². The number of hydrogen-bond acceptors (Lipinski definition) is 5. The maximum Gasteiger partial charge on any atom is 0.287 e. The molecule has 9 heteroatoms. The molecule has 1 N–H and O–H groups in total. The normalized spacial score (nSPS) is 10.5. The van der Waals surface area contributed by atoms with Crippen LogP contribution in [-0.2, 0) is 6.54 Å². The Hall–Kier alpha value is -2.42. The van der Waals surface area contributed by atoms with Crippen molar-refractivity contribution in [2.75, 3.05) is 6.54 Å². The summed E-state index contributed by atoms with van der Waals surface area (Å²) in [6.07, 6.45) is 2.45. The predicted octanol–water partition coefficient (Wildman–Crippen LogP) is 2.32. The SMILES string of the molecule is O=C(NCCCCn1cc([N+](=O)[O-])ccc1=O)c1ccc(Br)o1. The Kier molecular flexibility index (Phi) is 5.69. The third kappa shape index (κ3) is 4.78. The van der Waals surface area contributed by atoms with Gasteiger partial charge in [0, 0.05) is 25.2 Å². The number of halogens is 1. The van der Waals surface area contributed by atoms with Crippen molar-refractivity contribution in [3.8, 4) is 0 Å². The van der Waals surface area contributed by atoms with Gasteiger partial charge in [0.05, 0.1) is 11.1 Å². The minimum Gasteiger partial charge on any atom is -0.444 e. The molecule has 2 rings (SSSR count). The molecule has 0 aliphatic rings. The third-order valence-electron chi connectivity index (χ3n) is 3.09. The molecule has 0 radical (unpaired) electrons. The summed E-state index contributed by atoms with van der Waals surface area (Å²) in [5.41, 5.74) is -0.415. The number of carbonyl (C=O) groups is 1. The van der Waals surface area contributed by atoms with Crippen molar-refractivity contribution in [1.82, 2.24) is 9.88 Å². The number of amides is 1. The Bertz CT molecular complexity index is 768. The molecule has 0 saturated heterocycles. The van der Waals surface area contributed by atoms with E-state index in [0.717, 1.165) is 0 Å². The van der Waals surface area contributed by atoms with Crippen LogP contribution in [0, 0.1) is 10.1 Å². The van der Waals surface area contributed by atoms with Crippen molar-refractivity contribution in [3.63, 3.8) is 0 Å². The summed E-state index contributed by atoms with van der Waals surface area (Å²) in [7, 11) is 0. The van der Waals surface area contributed by atoms with Crippen LogP contribution in [0.15, 0.2) is 44.3 Å². The first-order valence-corrected chi connectivity index (χ1v) is 7.65. The highest BCUT2D eigenvalue weighted by Gasteiger charge is 2.10. The number of pyridine rings is 1. The van der Waals surface area contributed by atoms with Crippen LogP contribution in [0.2, 0.25) is 0 Å². The van der Waals surface area contributed by atoms with E-state index in [1.165, 1.54) is 22.9 Å². The number of aryl methyl sites for hydroxylation is 1. The van der Waals surface area contributed by atoms with Gasteiger partial charge < -0.3 is 14.3 Å². The standard InChI is InChI=1S/C14H14BrN3O5/c15-12-5-4-11(23-12)14(20)16-7-1-2-8-17-9-10(18(21)22)3-6-13(17)19/h3-6,9H,1-2,7-8H2,(H,16,20). The largest absolute Gasteiger partial charge is 0.444 e. The minimum atomic E-state index is -0.544. The minimum absolute atomic E-state index is 0.124. The summed E-state index contributed by atoms with van der Waals surface area (Å²) in [5, 5.41) is 13.4. The number of furan rings is 1. The average molecular weight is 384 g/mol. The number of nitro groups is 1. The highest BCUT2D eigenvalue weighted by atomic mass is 79.9. The predicted molar refractivity (Wildman–Crippen MR) is 85.3 cm³/mol.